The number of ether oxygens (including phenoxy) is 2. The second-order valence-corrected chi connectivity index (χ2v) is 4.33. The van der Waals surface area contributed by atoms with E-state index in [1.807, 2.05) is 0 Å². The Labute approximate surface area is 110 Å². The Morgan fingerprint density at radius 1 is 1.17 bits per heavy atom. The third-order valence-electron chi connectivity index (χ3n) is 2.88. The summed E-state index contributed by atoms with van der Waals surface area (Å²) >= 11 is 0. The van der Waals surface area contributed by atoms with E-state index in [0.29, 0.717) is 26.4 Å². The van der Waals surface area contributed by atoms with Gasteiger partial charge in [-0.15, -0.1) is 0 Å². The second kappa shape index (κ2) is 10.3. The number of likely N-dealkylation sites (tertiary alicyclic amines) is 1. The zero-order valence-corrected chi connectivity index (χ0v) is 11.0. The SMILES string of the molecule is NCC(=O)NCCOCCOCCN1CCCC1.[3HH]. The van der Waals surface area contributed by atoms with Gasteiger partial charge in [0.15, 0.2) is 0 Å². The van der Waals surface area contributed by atoms with Gasteiger partial charge < -0.3 is 25.4 Å². The second-order valence-electron chi connectivity index (χ2n) is 4.33. The summed E-state index contributed by atoms with van der Waals surface area (Å²) in [5, 5.41) is 2.64. The summed E-state index contributed by atoms with van der Waals surface area (Å²) in [6.45, 7) is 6.42. The largest absolute Gasteiger partial charge is 0.378 e. The van der Waals surface area contributed by atoms with Crippen LogP contribution in [0.4, 0.5) is 0 Å². The summed E-state index contributed by atoms with van der Waals surface area (Å²) < 4.78 is 10.8. The van der Waals surface area contributed by atoms with Crippen molar-refractivity contribution in [1.29, 1.82) is 0 Å². The molecule has 0 unspecified atom stereocenters. The highest BCUT2D eigenvalue weighted by molar-refractivity contribution is 5.77. The molecule has 18 heavy (non-hydrogen) atoms. The maximum atomic E-state index is 10.8. The quantitative estimate of drug-likeness (QED) is 0.517. The summed E-state index contributed by atoms with van der Waals surface area (Å²) in [7, 11) is 0. The van der Waals surface area contributed by atoms with Gasteiger partial charge in [0.25, 0.3) is 0 Å². The van der Waals surface area contributed by atoms with Crippen LogP contribution in [-0.4, -0.2) is 70.0 Å². The standard InChI is InChI=1S/C12H25N3O3.H2/c13-11-12(16)14-3-7-17-9-10-18-8-6-15-4-1-2-5-15;/h1-11,13H2,(H,14,16);1H/i;1+2. The minimum absolute atomic E-state index is 0. The summed E-state index contributed by atoms with van der Waals surface area (Å²) in [5.74, 6) is -0.152. The molecule has 0 saturated carbocycles. The molecule has 108 valence electrons. The Morgan fingerprint density at radius 3 is 2.50 bits per heavy atom. The number of amides is 1. The fourth-order valence-electron chi connectivity index (χ4n) is 1.86. The fourth-order valence-corrected chi connectivity index (χ4v) is 1.86. The molecule has 6 nitrogen and oxygen atoms in total. The lowest BCUT2D eigenvalue weighted by molar-refractivity contribution is -0.119. The fraction of sp³-hybridized carbons (Fsp3) is 0.917. The average molecular weight is 263 g/mol. The normalized spacial score (nSPS) is 16.1. The van der Waals surface area contributed by atoms with E-state index in [1.54, 1.807) is 0 Å². The highest BCUT2D eigenvalue weighted by Crippen LogP contribution is 2.05. The van der Waals surface area contributed by atoms with E-state index in [0.717, 1.165) is 13.2 Å². The van der Waals surface area contributed by atoms with Crippen LogP contribution in [0.1, 0.15) is 14.3 Å². The molecule has 0 aliphatic carbocycles. The predicted molar refractivity (Wildman–Crippen MR) is 71.5 cm³/mol. The van der Waals surface area contributed by atoms with Crippen molar-refractivity contribution in [1.82, 2.24) is 10.2 Å². The Morgan fingerprint density at radius 2 is 1.83 bits per heavy atom. The maximum absolute atomic E-state index is 10.8. The molecular weight excluding hydrogens is 234 g/mol. The lowest BCUT2D eigenvalue weighted by Crippen LogP contribution is -2.33. The molecule has 1 aliphatic heterocycles. The van der Waals surface area contributed by atoms with Gasteiger partial charge in [0.2, 0.25) is 5.91 Å². The monoisotopic (exact) mass is 263 g/mol. The van der Waals surface area contributed by atoms with Gasteiger partial charge in [-0.3, -0.25) is 4.79 Å². The molecule has 1 fully saturated rings. The molecule has 1 rings (SSSR count). The molecule has 3 N–H and O–H groups in total. The van der Waals surface area contributed by atoms with Crippen LogP contribution in [0.15, 0.2) is 0 Å². The summed E-state index contributed by atoms with van der Waals surface area (Å²) in [6.07, 6.45) is 2.63. The Bertz CT molecular complexity index is 226. The van der Waals surface area contributed by atoms with E-state index >= 15 is 0 Å². The van der Waals surface area contributed by atoms with Crippen LogP contribution in [0, 0.1) is 0 Å². The van der Waals surface area contributed by atoms with E-state index in [1.165, 1.54) is 25.9 Å². The van der Waals surface area contributed by atoms with Gasteiger partial charge in [-0.05, 0) is 25.9 Å². The molecule has 0 aromatic carbocycles. The molecule has 1 aliphatic rings. The van der Waals surface area contributed by atoms with E-state index in [-0.39, 0.29) is 13.9 Å². The predicted octanol–water partition coefficient (Wildman–Crippen LogP) is -0.564. The van der Waals surface area contributed by atoms with Gasteiger partial charge in [-0.1, -0.05) is 0 Å². The Hall–Kier alpha value is -0.690. The molecule has 1 saturated heterocycles. The maximum Gasteiger partial charge on any atom is 0.233 e. The molecule has 0 bridgehead atoms. The van der Waals surface area contributed by atoms with Gasteiger partial charge in [0.1, 0.15) is 0 Å². The molecular formula is C12H27N3O3. The zero-order valence-electron chi connectivity index (χ0n) is 11.0. The molecule has 0 radical (unpaired) electrons. The topological polar surface area (TPSA) is 76.8 Å². The molecule has 0 aromatic rings. The first-order valence-corrected chi connectivity index (χ1v) is 6.67. The van der Waals surface area contributed by atoms with Gasteiger partial charge in [0, 0.05) is 14.5 Å². The summed E-state index contributed by atoms with van der Waals surface area (Å²) in [4.78, 5) is 13.2. The highest BCUT2D eigenvalue weighted by Gasteiger charge is 2.09. The van der Waals surface area contributed by atoms with Gasteiger partial charge in [-0.2, -0.15) is 0 Å². The van der Waals surface area contributed by atoms with Gasteiger partial charge in [-0.25, -0.2) is 0 Å². The van der Waals surface area contributed by atoms with Gasteiger partial charge in [0.05, 0.1) is 33.0 Å². The first kappa shape index (κ1) is 15.4. The summed E-state index contributed by atoms with van der Waals surface area (Å²) in [5.41, 5.74) is 5.14. The number of nitrogens with one attached hydrogen (secondary N) is 1. The Kier molecular flexibility index (Phi) is 8.75. The van der Waals surface area contributed by atoms with E-state index < -0.39 is 0 Å². The Balaban J connectivity index is 0.00000324. The lowest BCUT2D eigenvalue weighted by atomic mass is 10.4. The third-order valence-corrected chi connectivity index (χ3v) is 2.88. The first-order chi connectivity index (χ1) is 8.83. The van der Waals surface area contributed by atoms with E-state index in [2.05, 4.69) is 10.2 Å². The summed E-state index contributed by atoms with van der Waals surface area (Å²) in [6, 6.07) is 0. The number of carbonyl (C=O) groups excluding carboxylic acids is 1. The smallest absolute Gasteiger partial charge is 0.233 e. The van der Waals surface area contributed by atoms with Crippen molar-refractivity contribution in [2.45, 2.75) is 12.8 Å². The minimum atomic E-state index is -0.152. The van der Waals surface area contributed by atoms with Crippen LogP contribution < -0.4 is 11.1 Å². The number of hydrogen-bond donors (Lipinski definition) is 2. The number of carbonyl (C=O) groups is 1. The van der Waals surface area contributed by atoms with E-state index in [4.69, 9.17) is 15.2 Å². The molecule has 0 atom stereocenters. The highest BCUT2D eigenvalue weighted by atomic mass is 16.5. The number of nitrogens with zero attached hydrogens (tertiary/aromatic N) is 1. The van der Waals surface area contributed by atoms with Crippen LogP contribution in [0.5, 0.6) is 0 Å². The number of hydrogen-bond acceptors (Lipinski definition) is 5. The molecule has 1 amide bonds. The van der Waals surface area contributed by atoms with Crippen LogP contribution in [0.25, 0.3) is 0 Å². The van der Waals surface area contributed by atoms with Crippen molar-refractivity contribution in [3.05, 3.63) is 0 Å². The number of rotatable bonds is 10. The van der Waals surface area contributed by atoms with Crippen LogP contribution in [-0.2, 0) is 14.3 Å². The van der Waals surface area contributed by atoms with Crippen molar-refractivity contribution in [3.63, 3.8) is 0 Å². The van der Waals surface area contributed by atoms with Crippen molar-refractivity contribution < 1.29 is 15.7 Å². The van der Waals surface area contributed by atoms with Crippen molar-refractivity contribution >= 4 is 5.91 Å². The van der Waals surface area contributed by atoms with Gasteiger partial charge >= 0.3 is 0 Å². The first-order valence-electron chi connectivity index (χ1n) is 6.67. The van der Waals surface area contributed by atoms with Crippen LogP contribution in [0.2, 0.25) is 0 Å². The average Bonchev–Trinajstić information content (AvgIpc) is 2.89. The molecule has 0 aromatic heterocycles. The van der Waals surface area contributed by atoms with Crippen LogP contribution >= 0.6 is 0 Å². The van der Waals surface area contributed by atoms with Crippen LogP contribution in [0.3, 0.4) is 0 Å². The van der Waals surface area contributed by atoms with E-state index in [9.17, 15) is 4.79 Å². The lowest BCUT2D eigenvalue weighted by Gasteiger charge is -2.14. The van der Waals surface area contributed by atoms with Crippen molar-refractivity contribution in [2.75, 3.05) is 59.2 Å². The third kappa shape index (κ3) is 7.60. The molecule has 6 heteroatoms. The molecule has 1 heterocycles. The molecule has 0 spiro atoms. The van der Waals surface area contributed by atoms with Crippen molar-refractivity contribution in [2.24, 2.45) is 5.73 Å². The number of nitrogens with two attached hydrogens (primary N) is 1. The van der Waals surface area contributed by atoms with Crippen molar-refractivity contribution in [3.8, 4) is 0 Å². The zero-order chi connectivity index (χ0) is 13.1. The minimum Gasteiger partial charge on any atom is -0.378 e.